The molecule has 6 nitrogen and oxygen atoms in total. The van der Waals surface area contributed by atoms with Crippen LogP contribution in [0.3, 0.4) is 0 Å². The van der Waals surface area contributed by atoms with Crippen LogP contribution in [0.5, 0.6) is 0 Å². The van der Waals surface area contributed by atoms with Gasteiger partial charge in [-0.3, -0.25) is 0 Å². The largest absolute Gasteiger partial charge is 0.465 e. The maximum absolute atomic E-state index is 11.8. The second-order valence-corrected chi connectivity index (χ2v) is 6.57. The number of allylic oxidation sites excluding steroid dienone is 1. The van der Waals surface area contributed by atoms with Crippen molar-refractivity contribution >= 4 is 40.3 Å². The fourth-order valence-corrected chi connectivity index (χ4v) is 3.10. The van der Waals surface area contributed by atoms with Crippen molar-refractivity contribution in [2.75, 3.05) is 7.11 Å². The van der Waals surface area contributed by atoms with E-state index < -0.39 is 5.97 Å². The third-order valence-corrected chi connectivity index (χ3v) is 4.66. The molecule has 0 spiro atoms. The number of ether oxygens (including phenoxy) is 1. The van der Waals surface area contributed by atoms with Crippen LogP contribution in [0.4, 0.5) is 0 Å². The first-order valence-electron chi connectivity index (χ1n) is 8.64. The molecule has 0 saturated heterocycles. The van der Waals surface area contributed by atoms with Crippen LogP contribution in [-0.2, 0) is 4.74 Å². The number of para-hydroxylation sites is 2. The normalized spacial score (nSPS) is 11.4. The number of esters is 1. The molecule has 4 rings (SSSR count). The average molecular weight is 404 g/mol. The third kappa shape index (κ3) is 3.64. The molecule has 29 heavy (non-hydrogen) atoms. The minimum Gasteiger partial charge on any atom is -0.465 e. The molecule has 0 amide bonds. The molecule has 2 aromatic heterocycles. The van der Waals surface area contributed by atoms with E-state index >= 15 is 0 Å². The van der Waals surface area contributed by atoms with Crippen molar-refractivity contribution in [1.82, 2.24) is 9.97 Å². The first kappa shape index (κ1) is 18.5. The van der Waals surface area contributed by atoms with Crippen LogP contribution in [-0.4, -0.2) is 23.0 Å². The number of hydrogen-bond donors (Lipinski definition) is 1. The van der Waals surface area contributed by atoms with Gasteiger partial charge in [-0.2, -0.15) is 5.26 Å². The number of carbonyl (C=O) groups is 1. The van der Waals surface area contributed by atoms with Crippen molar-refractivity contribution in [2.45, 2.75) is 0 Å². The third-order valence-electron chi connectivity index (χ3n) is 4.33. The van der Waals surface area contributed by atoms with Gasteiger partial charge in [0, 0.05) is 11.6 Å². The number of halogens is 1. The molecule has 0 aliphatic rings. The molecule has 0 bridgehead atoms. The number of methoxy groups -OCH3 is 1. The van der Waals surface area contributed by atoms with Gasteiger partial charge in [0.25, 0.3) is 0 Å². The van der Waals surface area contributed by atoms with Crippen molar-refractivity contribution in [2.24, 2.45) is 0 Å². The van der Waals surface area contributed by atoms with Gasteiger partial charge in [-0.25, -0.2) is 9.78 Å². The molecule has 7 heteroatoms. The number of nitriles is 1. The van der Waals surface area contributed by atoms with Gasteiger partial charge in [-0.05, 0) is 42.5 Å². The van der Waals surface area contributed by atoms with Gasteiger partial charge in [0.2, 0.25) is 0 Å². The van der Waals surface area contributed by atoms with Crippen molar-refractivity contribution in [3.8, 4) is 17.4 Å². The predicted octanol–water partition coefficient (Wildman–Crippen LogP) is 5.33. The average Bonchev–Trinajstić information content (AvgIpc) is 3.38. The zero-order chi connectivity index (χ0) is 20.4. The summed E-state index contributed by atoms with van der Waals surface area (Å²) < 4.78 is 10.6. The van der Waals surface area contributed by atoms with E-state index in [4.69, 9.17) is 20.8 Å². The number of aromatic amines is 1. The monoisotopic (exact) mass is 403 g/mol. The Morgan fingerprint density at radius 2 is 2.07 bits per heavy atom. The summed E-state index contributed by atoms with van der Waals surface area (Å²) in [5.74, 6) is 0.942. The number of benzene rings is 2. The molecule has 0 aliphatic heterocycles. The SMILES string of the molecule is COC(=O)c1cc(-c2ccc(/C=C(\C#N)c3nc4ccccc4[nH]3)o2)ccc1Cl. The van der Waals surface area contributed by atoms with Gasteiger partial charge in [0.15, 0.2) is 0 Å². The maximum atomic E-state index is 11.8. The molecule has 0 radical (unpaired) electrons. The Morgan fingerprint density at radius 3 is 2.83 bits per heavy atom. The molecular weight excluding hydrogens is 390 g/mol. The lowest BCUT2D eigenvalue weighted by atomic mass is 10.1. The Labute approximate surface area is 171 Å². The van der Waals surface area contributed by atoms with Crippen LogP contribution in [0, 0.1) is 11.3 Å². The number of hydrogen-bond acceptors (Lipinski definition) is 5. The maximum Gasteiger partial charge on any atom is 0.339 e. The van der Waals surface area contributed by atoms with Crippen LogP contribution in [0.15, 0.2) is 59.0 Å². The summed E-state index contributed by atoms with van der Waals surface area (Å²) in [7, 11) is 1.29. The highest BCUT2D eigenvalue weighted by Gasteiger charge is 2.14. The first-order valence-corrected chi connectivity index (χ1v) is 9.02. The highest BCUT2D eigenvalue weighted by atomic mass is 35.5. The zero-order valence-electron chi connectivity index (χ0n) is 15.3. The number of rotatable bonds is 4. The second-order valence-electron chi connectivity index (χ2n) is 6.16. The fraction of sp³-hybridized carbons (Fsp3) is 0.0455. The van der Waals surface area contributed by atoms with E-state index in [1.165, 1.54) is 7.11 Å². The fourth-order valence-electron chi connectivity index (χ4n) is 2.91. The minimum atomic E-state index is -0.528. The molecule has 4 aromatic rings. The van der Waals surface area contributed by atoms with Gasteiger partial charge < -0.3 is 14.1 Å². The highest BCUT2D eigenvalue weighted by molar-refractivity contribution is 6.33. The van der Waals surface area contributed by atoms with Crippen LogP contribution in [0.25, 0.3) is 34.0 Å². The Hall–Kier alpha value is -3.82. The molecule has 0 aliphatic carbocycles. The van der Waals surface area contributed by atoms with E-state index in [0.29, 0.717) is 33.5 Å². The Balaban J connectivity index is 1.68. The zero-order valence-corrected chi connectivity index (χ0v) is 16.0. The van der Waals surface area contributed by atoms with Crippen LogP contribution < -0.4 is 0 Å². The van der Waals surface area contributed by atoms with E-state index in [2.05, 4.69) is 16.0 Å². The summed E-state index contributed by atoms with van der Waals surface area (Å²) in [6, 6.07) is 18.1. The lowest BCUT2D eigenvalue weighted by Gasteiger charge is -2.04. The van der Waals surface area contributed by atoms with E-state index in [1.54, 1.807) is 36.4 Å². The standard InChI is InChI=1S/C22H14ClN3O3/c1-28-22(27)16-11-13(6-8-17(16)23)20-9-7-15(29-20)10-14(12-24)21-25-18-4-2-3-5-19(18)26-21/h2-11H,1H3,(H,25,26)/b14-10+. The lowest BCUT2D eigenvalue weighted by Crippen LogP contribution is -2.02. The lowest BCUT2D eigenvalue weighted by molar-refractivity contribution is 0.0601. The quantitative estimate of drug-likeness (QED) is 0.367. The topological polar surface area (TPSA) is 91.9 Å². The summed E-state index contributed by atoms with van der Waals surface area (Å²) >= 11 is 6.06. The van der Waals surface area contributed by atoms with Crippen molar-refractivity contribution in [3.05, 3.63) is 76.8 Å². The molecule has 0 saturated carbocycles. The smallest absolute Gasteiger partial charge is 0.339 e. The summed E-state index contributed by atoms with van der Waals surface area (Å²) in [4.78, 5) is 19.4. The summed E-state index contributed by atoms with van der Waals surface area (Å²) in [5.41, 5.74) is 2.88. The number of nitrogens with zero attached hydrogens (tertiary/aromatic N) is 2. The minimum absolute atomic E-state index is 0.250. The molecule has 0 unspecified atom stereocenters. The first-order chi connectivity index (χ1) is 14.1. The van der Waals surface area contributed by atoms with Crippen molar-refractivity contribution in [3.63, 3.8) is 0 Å². The van der Waals surface area contributed by atoms with E-state index in [0.717, 1.165) is 11.0 Å². The molecule has 0 atom stereocenters. The Bertz CT molecular complexity index is 1260. The molecule has 2 aromatic carbocycles. The summed E-state index contributed by atoms with van der Waals surface area (Å²) in [6.45, 7) is 0. The Kier molecular flexibility index (Phi) is 4.90. The van der Waals surface area contributed by atoms with Gasteiger partial charge >= 0.3 is 5.97 Å². The van der Waals surface area contributed by atoms with Crippen molar-refractivity contribution in [1.29, 1.82) is 5.26 Å². The van der Waals surface area contributed by atoms with Crippen LogP contribution in [0.2, 0.25) is 5.02 Å². The van der Waals surface area contributed by atoms with Gasteiger partial charge in [0.1, 0.15) is 23.4 Å². The highest BCUT2D eigenvalue weighted by Crippen LogP contribution is 2.29. The van der Waals surface area contributed by atoms with E-state index in [9.17, 15) is 10.1 Å². The van der Waals surface area contributed by atoms with Gasteiger partial charge in [-0.1, -0.05) is 23.7 Å². The molecule has 142 valence electrons. The molecule has 1 N–H and O–H groups in total. The van der Waals surface area contributed by atoms with Crippen LogP contribution >= 0.6 is 11.6 Å². The molecular formula is C22H14ClN3O3. The Morgan fingerprint density at radius 1 is 1.24 bits per heavy atom. The number of furan rings is 1. The summed E-state index contributed by atoms with van der Waals surface area (Å²) in [6.07, 6.45) is 1.61. The summed E-state index contributed by atoms with van der Waals surface area (Å²) in [5, 5.41) is 9.85. The second kappa shape index (κ2) is 7.66. The van der Waals surface area contributed by atoms with Crippen LogP contribution in [0.1, 0.15) is 21.9 Å². The molecule has 2 heterocycles. The van der Waals surface area contributed by atoms with Gasteiger partial charge in [0.05, 0.1) is 34.3 Å². The number of aromatic nitrogens is 2. The van der Waals surface area contributed by atoms with E-state index in [1.807, 2.05) is 24.3 Å². The number of fused-ring (bicyclic) bond motifs is 1. The number of imidazole rings is 1. The number of nitrogens with one attached hydrogen (secondary N) is 1. The number of H-pyrrole nitrogens is 1. The van der Waals surface area contributed by atoms with Gasteiger partial charge in [-0.15, -0.1) is 0 Å². The van der Waals surface area contributed by atoms with Crippen molar-refractivity contribution < 1.29 is 13.9 Å². The van der Waals surface area contributed by atoms with E-state index in [-0.39, 0.29) is 5.56 Å². The number of carbonyl (C=O) groups excluding carboxylic acids is 1. The predicted molar refractivity (Wildman–Crippen MR) is 110 cm³/mol. The molecule has 0 fully saturated rings.